The van der Waals surface area contributed by atoms with Crippen molar-refractivity contribution in [3.05, 3.63) is 75.0 Å². The number of thiophene rings is 1. The molecule has 0 aliphatic heterocycles. The molecule has 0 bridgehead atoms. The highest BCUT2D eigenvalue weighted by molar-refractivity contribution is 7.14. The monoisotopic (exact) mass is 573 g/mol. The molecule has 1 atom stereocenters. The fraction of sp³-hybridized carbons (Fsp3) is 0.333. The lowest BCUT2D eigenvalue weighted by Crippen LogP contribution is -2.25. The summed E-state index contributed by atoms with van der Waals surface area (Å²) in [6, 6.07) is 10.8. The number of carbonyl (C=O) groups is 2. The van der Waals surface area contributed by atoms with E-state index in [9.17, 15) is 35.9 Å². The first-order valence-corrected chi connectivity index (χ1v) is 12.6. The quantitative estimate of drug-likeness (QED) is 0.244. The summed E-state index contributed by atoms with van der Waals surface area (Å²) in [4.78, 5) is 23.5. The molecule has 0 saturated heterocycles. The molecule has 0 unspecified atom stereocenters. The van der Waals surface area contributed by atoms with Crippen molar-refractivity contribution in [1.82, 2.24) is 5.32 Å². The molecule has 1 heterocycles. The molecule has 0 aliphatic carbocycles. The Kier molecular flexibility index (Phi) is 9.31. The molecule has 210 valence electrons. The average molecular weight is 574 g/mol. The highest BCUT2D eigenvalue weighted by atomic mass is 32.1. The summed E-state index contributed by atoms with van der Waals surface area (Å²) < 4.78 is 83.9. The van der Waals surface area contributed by atoms with Gasteiger partial charge in [0, 0.05) is 17.8 Å². The largest absolute Gasteiger partial charge is 0.485 e. The molecule has 5 nitrogen and oxygen atoms in total. The minimum absolute atomic E-state index is 0.0980. The summed E-state index contributed by atoms with van der Waals surface area (Å²) in [7, 11) is 0. The Hall–Kier alpha value is -3.54. The number of ether oxygens (including phenoxy) is 1. The summed E-state index contributed by atoms with van der Waals surface area (Å²) in [6.45, 7) is 3.35. The minimum atomic E-state index is -4.47. The van der Waals surface area contributed by atoms with Crippen LogP contribution in [0.1, 0.15) is 56.6 Å². The maximum Gasteiger partial charge on any atom is 0.416 e. The fourth-order valence-corrected chi connectivity index (χ4v) is 5.00. The zero-order chi connectivity index (χ0) is 29.0. The highest BCUT2D eigenvalue weighted by Gasteiger charge is 2.31. The Morgan fingerprint density at radius 2 is 1.59 bits per heavy atom. The number of benzene rings is 2. The molecule has 3 aromatic rings. The van der Waals surface area contributed by atoms with Crippen LogP contribution < -0.4 is 10.1 Å². The van der Waals surface area contributed by atoms with E-state index in [2.05, 4.69) is 5.32 Å². The number of hydrogen-bond donors (Lipinski definition) is 2. The van der Waals surface area contributed by atoms with Crippen molar-refractivity contribution in [2.75, 3.05) is 6.54 Å². The number of aryl methyl sites for hydroxylation is 2. The number of aliphatic carboxylic acids is 1. The number of halogens is 6. The third-order valence-electron chi connectivity index (χ3n) is 5.77. The zero-order valence-electron chi connectivity index (χ0n) is 20.9. The van der Waals surface area contributed by atoms with E-state index in [0.29, 0.717) is 27.1 Å². The molecule has 0 saturated carbocycles. The smallest absolute Gasteiger partial charge is 0.416 e. The van der Waals surface area contributed by atoms with E-state index in [1.807, 2.05) is 0 Å². The van der Waals surface area contributed by atoms with Gasteiger partial charge in [-0.05, 0) is 78.9 Å². The minimum Gasteiger partial charge on any atom is -0.485 e. The van der Waals surface area contributed by atoms with Gasteiger partial charge >= 0.3 is 18.3 Å². The maximum atomic E-state index is 13.0. The van der Waals surface area contributed by atoms with Crippen LogP contribution in [0.15, 0.2) is 48.5 Å². The van der Waals surface area contributed by atoms with Gasteiger partial charge in [0.2, 0.25) is 0 Å². The van der Waals surface area contributed by atoms with Gasteiger partial charge in [-0.2, -0.15) is 26.3 Å². The molecule has 39 heavy (non-hydrogen) atoms. The van der Waals surface area contributed by atoms with Gasteiger partial charge in [-0.1, -0.05) is 12.1 Å². The Morgan fingerprint density at radius 1 is 0.974 bits per heavy atom. The maximum absolute atomic E-state index is 13.0. The van der Waals surface area contributed by atoms with Gasteiger partial charge in [-0.25, -0.2) is 0 Å². The molecule has 0 fully saturated rings. The van der Waals surface area contributed by atoms with E-state index in [0.717, 1.165) is 23.5 Å². The number of carbonyl (C=O) groups excluding carboxylic acids is 1. The van der Waals surface area contributed by atoms with Gasteiger partial charge < -0.3 is 15.2 Å². The van der Waals surface area contributed by atoms with Crippen LogP contribution in [0.2, 0.25) is 0 Å². The Balaban J connectivity index is 1.84. The van der Waals surface area contributed by atoms with Gasteiger partial charge in [-0.15, -0.1) is 11.3 Å². The Bertz CT molecular complexity index is 1290. The van der Waals surface area contributed by atoms with E-state index in [-0.39, 0.29) is 23.6 Å². The third-order valence-corrected chi connectivity index (χ3v) is 6.94. The van der Waals surface area contributed by atoms with Crippen LogP contribution >= 0.6 is 11.3 Å². The van der Waals surface area contributed by atoms with Crippen LogP contribution in [-0.2, 0) is 11.0 Å². The van der Waals surface area contributed by atoms with Crippen LogP contribution in [0.5, 0.6) is 5.75 Å². The van der Waals surface area contributed by atoms with Crippen molar-refractivity contribution < 1.29 is 45.8 Å². The van der Waals surface area contributed by atoms with E-state index in [1.54, 1.807) is 26.0 Å². The third kappa shape index (κ3) is 8.47. The SMILES string of the molecule is Cc1cc(O[C@H](CCC(F)(F)F)c2ccc(C(=O)NCCC(=O)O)s2)cc(C)c1-c1ccc(C(F)(F)F)cc1. The van der Waals surface area contributed by atoms with Gasteiger partial charge in [0.05, 0.1) is 16.9 Å². The molecule has 2 aromatic carbocycles. The zero-order valence-corrected chi connectivity index (χ0v) is 21.7. The second-order valence-corrected chi connectivity index (χ2v) is 9.98. The number of carboxylic acid groups (broad SMARTS) is 1. The predicted octanol–water partition coefficient (Wildman–Crippen LogP) is 7.72. The van der Waals surface area contributed by atoms with Crippen molar-refractivity contribution in [3.63, 3.8) is 0 Å². The molecule has 2 N–H and O–H groups in total. The van der Waals surface area contributed by atoms with E-state index in [1.165, 1.54) is 24.3 Å². The molecular weight excluding hydrogens is 548 g/mol. The molecule has 12 heteroatoms. The van der Waals surface area contributed by atoms with Crippen molar-refractivity contribution in [2.45, 2.75) is 51.6 Å². The number of rotatable bonds is 10. The first-order valence-electron chi connectivity index (χ1n) is 11.8. The lowest BCUT2D eigenvalue weighted by atomic mass is 9.94. The topological polar surface area (TPSA) is 75.6 Å². The number of carboxylic acids is 1. The van der Waals surface area contributed by atoms with Gasteiger partial charge in [0.15, 0.2) is 0 Å². The summed E-state index contributed by atoms with van der Waals surface area (Å²) in [5.74, 6) is -1.36. The normalized spacial score (nSPS) is 12.7. The molecule has 0 radical (unpaired) electrons. The highest BCUT2D eigenvalue weighted by Crippen LogP contribution is 2.38. The number of amides is 1. The fourth-order valence-electron chi connectivity index (χ4n) is 4.01. The number of alkyl halides is 6. The molecule has 0 spiro atoms. The van der Waals surface area contributed by atoms with Crippen molar-refractivity contribution in [2.24, 2.45) is 0 Å². The van der Waals surface area contributed by atoms with Crippen molar-refractivity contribution >= 4 is 23.2 Å². The van der Waals surface area contributed by atoms with E-state index in [4.69, 9.17) is 9.84 Å². The first-order chi connectivity index (χ1) is 18.1. The summed E-state index contributed by atoms with van der Waals surface area (Å²) in [5.41, 5.74) is 1.77. The summed E-state index contributed by atoms with van der Waals surface area (Å²) in [5, 5.41) is 11.1. The first kappa shape index (κ1) is 30.0. The average Bonchev–Trinajstić information content (AvgIpc) is 3.30. The van der Waals surface area contributed by atoms with Crippen molar-refractivity contribution in [1.29, 1.82) is 0 Å². The van der Waals surface area contributed by atoms with Crippen LogP contribution in [0.3, 0.4) is 0 Å². The molecule has 1 aromatic heterocycles. The Morgan fingerprint density at radius 3 is 2.13 bits per heavy atom. The summed E-state index contributed by atoms with van der Waals surface area (Å²) in [6.07, 6.45) is -11.8. The Labute approximate surface area is 224 Å². The lowest BCUT2D eigenvalue weighted by molar-refractivity contribution is -0.139. The predicted molar refractivity (Wildman–Crippen MR) is 134 cm³/mol. The molecule has 1 amide bonds. The van der Waals surface area contributed by atoms with Gasteiger partial charge in [-0.3, -0.25) is 9.59 Å². The summed E-state index contributed by atoms with van der Waals surface area (Å²) >= 11 is 0.946. The van der Waals surface area contributed by atoms with Gasteiger partial charge in [0.25, 0.3) is 5.91 Å². The van der Waals surface area contributed by atoms with Crippen LogP contribution in [0, 0.1) is 13.8 Å². The number of hydrogen-bond acceptors (Lipinski definition) is 4. The van der Waals surface area contributed by atoms with Crippen LogP contribution in [0.25, 0.3) is 11.1 Å². The molecule has 0 aliphatic rings. The van der Waals surface area contributed by atoms with E-state index < -0.39 is 48.7 Å². The second kappa shape index (κ2) is 12.1. The van der Waals surface area contributed by atoms with Crippen molar-refractivity contribution in [3.8, 4) is 16.9 Å². The standard InChI is InChI=1S/C27H25F6NO4S/c1-15-13-19(14-16(2)24(15)17-3-5-18(6-4-17)27(31,32)33)38-20(9-11-26(28,29)30)21-7-8-22(39-21)25(37)34-12-10-23(35)36/h3-8,13-14,20H,9-12H2,1-2H3,(H,34,37)(H,35,36)/t20-/m1/s1. The van der Waals surface area contributed by atoms with Gasteiger partial charge in [0.1, 0.15) is 11.9 Å². The molecular formula is C27H25F6NO4S. The van der Waals surface area contributed by atoms with Crippen LogP contribution in [-0.4, -0.2) is 29.7 Å². The molecule has 3 rings (SSSR count). The second-order valence-electron chi connectivity index (χ2n) is 8.87. The number of nitrogens with one attached hydrogen (secondary N) is 1. The van der Waals surface area contributed by atoms with Crippen LogP contribution in [0.4, 0.5) is 26.3 Å². The lowest BCUT2D eigenvalue weighted by Gasteiger charge is -2.21. The van der Waals surface area contributed by atoms with E-state index >= 15 is 0 Å².